The lowest BCUT2D eigenvalue weighted by atomic mass is 10.2. The van der Waals surface area contributed by atoms with Gasteiger partial charge in [-0.2, -0.15) is 13.2 Å². The Balaban J connectivity index is 2.09. The summed E-state index contributed by atoms with van der Waals surface area (Å²) >= 11 is 5.55. The highest BCUT2D eigenvalue weighted by Crippen LogP contribution is 2.36. The van der Waals surface area contributed by atoms with Crippen LogP contribution in [0.1, 0.15) is 29.8 Å². The summed E-state index contributed by atoms with van der Waals surface area (Å²) in [4.78, 5) is 16.3. The fourth-order valence-electron chi connectivity index (χ4n) is 1.96. The van der Waals surface area contributed by atoms with Gasteiger partial charge in [0.1, 0.15) is 5.82 Å². The number of aromatic nitrogens is 1. The molecule has 1 aromatic carbocycles. The molecule has 2 aromatic rings. The van der Waals surface area contributed by atoms with Gasteiger partial charge in [0.05, 0.1) is 16.1 Å². The number of nitrogens with zero attached hydrogens (tertiary/aromatic N) is 1. The highest BCUT2D eigenvalue weighted by molar-refractivity contribution is 6.31. The number of benzene rings is 1. The quantitative estimate of drug-likeness (QED) is 0.771. The third-order valence-electron chi connectivity index (χ3n) is 3.25. The van der Waals surface area contributed by atoms with Gasteiger partial charge in [0.15, 0.2) is 0 Å². The van der Waals surface area contributed by atoms with Gasteiger partial charge in [-0.3, -0.25) is 4.79 Å². The van der Waals surface area contributed by atoms with Crippen LogP contribution in [0.15, 0.2) is 36.5 Å². The molecule has 134 valence electrons. The number of carbonyl (C=O) groups excluding carboxylic acids is 1. The van der Waals surface area contributed by atoms with Crippen molar-refractivity contribution in [1.82, 2.24) is 4.98 Å². The summed E-state index contributed by atoms with van der Waals surface area (Å²) in [5.74, 6) is 0.506. The number of hydrogen-bond acceptors (Lipinski definition) is 3. The maximum atomic E-state index is 12.8. The van der Waals surface area contributed by atoms with E-state index >= 15 is 0 Å². The van der Waals surface area contributed by atoms with Crippen LogP contribution in [0.5, 0.6) is 0 Å². The second-order valence-corrected chi connectivity index (χ2v) is 6.26. The van der Waals surface area contributed by atoms with Gasteiger partial charge in [0.25, 0.3) is 5.91 Å². The summed E-state index contributed by atoms with van der Waals surface area (Å²) < 4.78 is 38.5. The molecule has 1 aromatic heterocycles. The lowest BCUT2D eigenvalue weighted by Gasteiger charge is -2.12. The van der Waals surface area contributed by atoms with Crippen LogP contribution in [0.25, 0.3) is 0 Å². The molecule has 0 atom stereocenters. The van der Waals surface area contributed by atoms with Gasteiger partial charge in [-0.05, 0) is 36.2 Å². The maximum absolute atomic E-state index is 12.8. The van der Waals surface area contributed by atoms with Crippen LogP contribution >= 0.6 is 11.6 Å². The zero-order valence-electron chi connectivity index (χ0n) is 13.6. The molecule has 0 bridgehead atoms. The average Bonchev–Trinajstić information content (AvgIpc) is 2.54. The van der Waals surface area contributed by atoms with Gasteiger partial charge in [-0.1, -0.05) is 25.4 Å². The minimum Gasteiger partial charge on any atom is -0.370 e. The van der Waals surface area contributed by atoms with E-state index in [2.05, 4.69) is 29.5 Å². The monoisotopic (exact) mass is 371 g/mol. The Morgan fingerprint density at radius 1 is 1.24 bits per heavy atom. The molecule has 1 amide bonds. The van der Waals surface area contributed by atoms with E-state index in [-0.39, 0.29) is 11.3 Å². The van der Waals surface area contributed by atoms with Crippen molar-refractivity contribution >= 4 is 29.0 Å². The number of amides is 1. The van der Waals surface area contributed by atoms with Gasteiger partial charge in [-0.25, -0.2) is 4.98 Å². The van der Waals surface area contributed by atoms with Crippen molar-refractivity contribution in [1.29, 1.82) is 0 Å². The molecule has 1 heterocycles. The summed E-state index contributed by atoms with van der Waals surface area (Å²) in [6.07, 6.45) is -3.23. The predicted octanol–water partition coefficient (Wildman–Crippen LogP) is 5.07. The Bertz CT molecular complexity index is 746. The van der Waals surface area contributed by atoms with Crippen molar-refractivity contribution in [2.45, 2.75) is 20.0 Å². The van der Waals surface area contributed by atoms with Crippen LogP contribution < -0.4 is 10.6 Å². The van der Waals surface area contributed by atoms with E-state index in [0.29, 0.717) is 11.7 Å². The van der Waals surface area contributed by atoms with Crippen molar-refractivity contribution in [3.05, 3.63) is 52.7 Å². The molecular formula is C17H17ClF3N3O. The van der Waals surface area contributed by atoms with Crippen molar-refractivity contribution in [3.63, 3.8) is 0 Å². The largest absolute Gasteiger partial charge is 0.417 e. The molecule has 8 heteroatoms. The number of alkyl halides is 3. The van der Waals surface area contributed by atoms with Crippen molar-refractivity contribution in [3.8, 4) is 0 Å². The highest BCUT2D eigenvalue weighted by Gasteiger charge is 2.33. The van der Waals surface area contributed by atoms with Gasteiger partial charge >= 0.3 is 6.18 Å². The first-order valence-electron chi connectivity index (χ1n) is 7.55. The van der Waals surface area contributed by atoms with Crippen LogP contribution in [0.2, 0.25) is 5.02 Å². The van der Waals surface area contributed by atoms with E-state index in [1.165, 1.54) is 12.3 Å². The molecule has 25 heavy (non-hydrogen) atoms. The van der Waals surface area contributed by atoms with Crippen LogP contribution in [-0.2, 0) is 6.18 Å². The summed E-state index contributed by atoms with van der Waals surface area (Å²) in [5.41, 5.74) is -0.763. The number of nitrogens with one attached hydrogen (secondary N) is 2. The van der Waals surface area contributed by atoms with Gasteiger partial charge < -0.3 is 10.6 Å². The highest BCUT2D eigenvalue weighted by atomic mass is 35.5. The van der Waals surface area contributed by atoms with E-state index in [1.54, 1.807) is 12.1 Å². The molecule has 2 N–H and O–H groups in total. The maximum Gasteiger partial charge on any atom is 0.417 e. The first-order chi connectivity index (χ1) is 11.7. The van der Waals surface area contributed by atoms with Crippen molar-refractivity contribution in [2.24, 2.45) is 5.92 Å². The summed E-state index contributed by atoms with van der Waals surface area (Å²) in [6, 6.07) is 6.39. The number of rotatable bonds is 5. The van der Waals surface area contributed by atoms with Gasteiger partial charge in [0.2, 0.25) is 0 Å². The molecule has 0 unspecified atom stereocenters. The molecule has 0 saturated heterocycles. The SMILES string of the molecule is CC(C)CNc1ccc(C(=O)Nc2ccc(Cl)c(C(F)(F)F)c2)cn1. The number of hydrogen-bond donors (Lipinski definition) is 2. The molecule has 0 aliphatic carbocycles. The Labute approximate surface area is 148 Å². The molecule has 4 nitrogen and oxygen atoms in total. The molecule has 0 fully saturated rings. The zero-order chi connectivity index (χ0) is 18.6. The number of anilines is 2. The summed E-state index contributed by atoms with van der Waals surface area (Å²) in [7, 11) is 0. The third-order valence-corrected chi connectivity index (χ3v) is 3.58. The van der Waals surface area contributed by atoms with E-state index in [4.69, 9.17) is 11.6 Å². The second-order valence-electron chi connectivity index (χ2n) is 5.85. The Hall–Kier alpha value is -2.28. The molecule has 0 radical (unpaired) electrons. The van der Waals surface area contributed by atoms with Crippen LogP contribution in [0.3, 0.4) is 0 Å². The van der Waals surface area contributed by atoms with E-state index < -0.39 is 22.7 Å². The standard InChI is InChI=1S/C17H17ClF3N3O/c1-10(2)8-22-15-6-3-11(9-23-15)16(25)24-12-4-5-14(18)13(7-12)17(19,20)21/h3-7,9-10H,8H2,1-2H3,(H,22,23)(H,24,25). The first-order valence-corrected chi connectivity index (χ1v) is 7.92. The summed E-state index contributed by atoms with van der Waals surface area (Å²) in [5, 5.41) is 5.09. The third kappa shape index (κ3) is 5.35. The lowest BCUT2D eigenvalue weighted by molar-refractivity contribution is -0.137. The fourth-order valence-corrected chi connectivity index (χ4v) is 2.19. The van der Waals surface area contributed by atoms with Crippen molar-refractivity contribution < 1.29 is 18.0 Å². The summed E-state index contributed by atoms with van der Waals surface area (Å²) in [6.45, 7) is 4.84. The van der Waals surface area contributed by atoms with E-state index in [9.17, 15) is 18.0 Å². The minimum absolute atomic E-state index is 0.00346. The normalized spacial score (nSPS) is 11.5. The Morgan fingerprint density at radius 3 is 2.52 bits per heavy atom. The number of halogens is 4. The average molecular weight is 372 g/mol. The minimum atomic E-state index is -4.59. The molecular weight excluding hydrogens is 355 g/mol. The fraction of sp³-hybridized carbons (Fsp3) is 0.294. The smallest absolute Gasteiger partial charge is 0.370 e. The van der Waals surface area contributed by atoms with E-state index in [0.717, 1.165) is 18.7 Å². The van der Waals surface area contributed by atoms with Crippen molar-refractivity contribution in [2.75, 3.05) is 17.2 Å². The number of carbonyl (C=O) groups is 1. The van der Waals surface area contributed by atoms with E-state index in [1.807, 2.05) is 0 Å². The van der Waals surface area contributed by atoms with Crippen LogP contribution in [0, 0.1) is 5.92 Å². The second kappa shape index (κ2) is 7.74. The molecule has 0 aliphatic heterocycles. The van der Waals surface area contributed by atoms with Crippen LogP contribution in [-0.4, -0.2) is 17.4 Å². The lowest BCUT2D eigenvalue weighted by Crippen LogP contribution is -2.14. The molecule has 0 spiro atoms. The predicted molar refractivity (Wildman–Crippen MR) is 92.0 cm³/mol. The van der Waals surface area contributed by atoms with Gasteiger partial charge in [0, 0.05) is 18.4 Å². The molecule has 2 rings (SSSR count). The van der Waals surface area contributed by atoms with Crippen LogP contribution in [0.4, 0.5) is 24.7 Å². The molecule has 0 saturated carbocycles. The Kier molecular flexibility index (Phi) is 5.89. The Morgan fingerprint density at radius 2 is 1.96 bits per heavy atom. The van der Waals surface area contributed by atoms with Gasteiger partial charge in [-0.15, -0.1) is 0 Å². The number of pyridine rings is 1. The molecule has 0 aliphatic rings. The zero-order valence-corrected chi connectivity index (χ0v) is 14.4. The first kappa shape index (κ1) is 19.1. The topological polar surface area (TPSA) is 54.0 Å².